The minimum atomic E-state index is -0.554. The highest BCUT2D eigenvalue weighted by Gasteiger charge is 2.36. The van der Waals surface area contributed by atoms with Crippen LogP contribution in [0.25, 0.3) is 10.2 Å². The van der Waals surface area contributed by atoms with Crippen LogP contribution in [0.1, 0.15) is 20.7 Å². The van der Waals surface area contributed by atoms with Gasteiger partial charge in [0.15, 0.2) is 16.3 Å². The first-order chi connectivity index (χ1) is 15.6. The van der Waals surface area contributed by atoms with Gasteiger partial charge in [0.1, 0.15) is 19.8 Å². The molecule has 0 saturated heterocycles. The Labute approximate surface area is 191 Å². The molecule has 8 nitrogen and oxygen atoms in total. The summed E-state index contributed by atoms with van der Waals surface area (Å²) in [7, 11) is 0. The number of ether oxygens (including phenoxy) is 2. The molecule has 0 spiro atoms. The van der Waals surface area contributed by atoms with Gasteiger partial charge in [-0.05, 0) is 18.4 Å². The van der Waals surface area contributed by atoms with E-state index in [1.807, 2.05) is 23.0 Å². The second-order valence-corrected chi connectivity index (χ2v) is 9.23. The lowest BCUT2D eigenvalue weighted by Gasteiger charge is -2.18. The number of amides is 3. The fourth-order valence-electron chi connectivity index (χ4n) is 3.75. The van der Waals surface area contributed by atoms with Gasteiger partial charge in [-0.3, -0.25) is 19.3 Å². The topological polar surface area (TPSA) is 90.2 Å². The SMILES string of the molecule is CSCCn1c(=NC(=O)CN2C(=O)c3ccccc3C2=O)sc2cc3c(cc21)OCCO3. The van der Waals surface area contributed by atoms with E-state index in [0.29, 0.717) is 47.2 Å². The maximum atomic E-state index is 12.8. The van der Waals surface area contributed by atoms with E-state index >= 15 is 0 Å². The monoisotopic (exact) mass is 469 g/mol. The highest BCUT2D eigenvalue weighted by Crippen LogP contribution is 2.35. The van der Waals surface area contributed by atoms with Gasteiger partial charge in [0, 0.05) is 24.4 Å². The third kappa shape index (κ3) is 3.59. The van der Waals surface area contributed by atoms with Crippen LogP contribution in [0.3, 0.4) is 0 Å². The Balaban J connectivity index is 1.49. The minimum Gasteiger partial charge on any atom is -0.486 e. The number of nitrogens with zero attached hydrogens (tertiary/aromatic N) is 3. The van der Waals surface area contributed by atoms with Gasteiger partial charge in [-0.15, -0.1) is 0 Å². The van der Waals surface area contributed by atoms with Gasteiger partial charge in [-0.1, -0.05) is 23.5 Å². The van der Waals surface area contributed by atoms with Gasteiger partial charge < -0.3 is 14.0 Å². The van der Waals surface area contributed by atoms with Crippen molar-refractivity contribution in [3.63, 3.8) is 0 Å². The molecule has 1 aromatic heterocycles. The molecule has 164 valence electrons. The Morgan fingerprint density at radius 2 is 1.75 bits per heavy atom. The summed E-state index contributed by atoms with van der Waals surface area (Å²) in [5.74, 6) is 0.681. The summed E-state index contributed by atoms with van der Waals surface area (Å²) in [6.45, 7) is 1.24. The predicted octanol–water partition coefficient (Wildman–Crippen LogP) is 2.56. The molecule has 2 aromatic carbocycles. The first-order valence-electron chi connectivity index (χ1n) is 10.0. The van der Waals surface area contributed by atoms with E-state index < -0.39 is 24.3 Å². The molecule has 10 heteroatoms. The van der Waals surface area contributed by atoms with E-state index in [0.717, 1.165) is 20.9 Å². The lowest BCUT2D eigenvalue weighted by atomic mass is 10.1. The smallest absolute Gasteiger partial charge is 0.268 e. The number of imide groups is 1. The maximum Gasteiger partial charge on any atom is 0.268 e. The van der Waals surface area contributed by atoms with Crippen molar-refractivity contribution in [2.24, 2.45) is 4.99 Å². The minimum absolute atomic E-state index is 0.313. The zero-order chi connectivity index (χ0) is 22.2. The molecule has 5 rings (SSSR count). The van der Waals surface area contributed by atoms with Crippen molar-refractivity contribution in [2.75, 3.05) is 31.8 Å². The van der Waals surface area contributed by atoms with Crippen LogP contribution in [-0.4, -0.2) is 59.0 Å². The van der Waals surface area contributed by atoms with Crippen molar-refractivity contribution in [1.82, 2.24) is 9.47 Å². The van der Waals surface area contributed by atoms with Crippen LogP contribution in [0.15, 0.2) is 41.4 Å². The summed E-state index contributed by atoms with van der Waals surface area (Å²) in [4.78, 5) is 43.7. The highest BCUT2D eigenvalue weighted by molar-refractivity contribution is 7.98. The molecule has 3 amide bonds. The number of hydrogen-bond acceptors (Lipinski definition) is 7. The predicted molar refractivity (Wildman–Crippen MR) is 122 cm³/mol. The molecule has 0 N–H and O–H groups in total. The zero-order valence-electron chi connectivity index (χ0n) is 17.2. The van der Waals surface area contributed by atoms with E-state index in [2.05, 4.69) is 4.99 Å². The number of fused-ring (bicyclic) bond motifs is 3. The molecule has 0 bridgehead atoms. The lowest BCUT2D eigenvalue weighted by molar-refractivity contribution is -0.118. The average molecular weight is 470 g/mol. The Kier molecular flexibility index (Phi) is 5.48. The number of aryl methyl sites for hydroxylation is 1. The van der Waals surface area contributed by atoms with Crippen LogP contribution < -0.4 is 14.3 Å². The van der Waals surface area contributed by atoms with Gasteiger partial charge in [0.05, 0.1) is 21.3 Å². The van der Waals surface area contributed by atoms with Crippen LogP contribution >= 0.6 is 23.1 Å². The Morgan fingerprint density at radius 1 is 1.09 bits per heavy atom. The molecule has 0 aliphatic carbocycles. The molecular weight excluding hydrogens is 450 g/mol. The number of aromatic nitrogens is 1. The normalized spacial score (nSPS) is 15.5. The van der Waals surface area contributed by atoms with Crippen molar-refractivity contribution < 1.29 is 23.9 Å². The van der Waals surface area contributed by atoms with Crippen molar-refractivity contribution >= 4 is 51.0 Å². The first-order valence-corrected chi connectivity index (χ1v) is 12.2. The number of carbonyl (C=O) groups excluding carboxylic acids is 3. The Bertz CT molecular complexity index is 1290. The fourth-order valence-corrected chi connectivity index (χ4v) is 5.20. The number of thioether (sulfide) groups is 1. The standard InChI is InChI=1S/C22H19N3O5S2/c1-31-9-6-24-15-10-16-17(30-8-7-29-16)11-18(15)32-22(24)23-19(26)12-25-20(27)13-4-2-3-5-14(13)21(25)28/h2-5,10-11H,6-9,12H2,1H3. The average Bonchev–Trinajstić information content (AvgIpc) is 3.25. The van der Waals surface area contributed by atoms with E-state index in [1.165, 1.54) is 11.3 Å². The van der Waals surface area contributed by atoms with Gasteiger partial charge in [0.2, 0.25) is 0 Å². The third-order valence-corrected chi connectivity index (χ3v) is 6.89. The molecule has 2 aliphatic rings. The summed E-state index contributed by atoms with van der Waals surface area (Å²) in [5.41, 5.74) is 1.53. The fraction of sp³-hybridized carbons (Fsp3) is 0.273. The largest absolute Gasteiger partial charge is 0.486 e. The van der Waals surface area contributed by atoms with E-state index in [4.69, 9.17) is 9.47 Å². The number of rotatable bonds is 5. The molecule has 3 aromatic rings. The van der Waals surface area contributed by atoms with Crippen molar-refractivity contribution in [1.29, 1.82) is 0 Å². The van der Waals surface area contributed by atoms with Crippen LogP contribution in [0, 0.1) is 0 Å². The molecule has 0 unspecified atom stereocenters. The van der Waals surface area contributed by atoms with Crippen LogP contribution in [0.2, 0.25) is 0 Å². The van der Waals surface area contributed by atoms with Crippen molar-refractivity contribution in [3.05, 3.63) is 52.3 Å². The Morgan fingerprint density at radius 3 is 2.41 bits per heavy atom. The molecule has 32 heavy (non-hydrogen) atoms. The van der Waals surface area contributed by atoms with E-state index in [-0.39, 0.29) is 0 Å². The van der Waals surface area contributed by atoms with E-state index in [9.17, 15) is 14.4 Å². The third-order valence-electron chi connectivity index (χ3n) is 5.26. The molecular formula is C22H19N3O5S2. The number of thiazole rings is 1. The van der Waals surface area contributed by atoms with Crippen LogP contribution in [0.4, 0.5) is 0 Å². The molecule has 3 heterocycles. The van der Waals surface area contributed by atoms with Crippen LogP contribution in [-0.2, 0) is 11.3 Å². The maximum absolute atomic E-state index is 12.8. The van der Waals surface area contributed by atoms with Gasteiger partial charge >= 0.3 is 0 Å². The molecule has 0 radical (unpaired) electrons. The molecule has 2 aliphatic heterocycles. The second kappa shape index (κ2) is 8.44. The Hall–Kier alpha value is -3.11. The zero-order valence-corrected chi connectivity index (χ0v) is 18.8. The van der Waals surface area contributed by atoms with E-state index in [1.54, 1.807) is 36.0 Å². The second-order valence-electron chi connectivity index (χ2n) is 7.24. The molecule has 0 atom stereocenters. The summed E-state index contributed by atoms with van der Waals surface area (Å²) in [5, 5.41) is 0. The number of carbonyl (C=O) groups is 3. The van der Waals surface area contributed by atoms with Gasteiger partial charge in [0.25, 0.3) is 17.7 Å². The quantitative estimate of drug-likeness (QED) is 0.534. The highest BCUT2D eigenvalue weighted by atomic mass is 32.2. The van der Waals surface area contributed by atoms with Crippen molar-refractivity contribution in [3.8, 4) is 11.5 Å². The summed E-state index contributed by atoms with van der Waals surface area (Å²) in [6.07, 6.45) is 2.01. The molecule has 0 saturated carbocycles. The number of benzene rings is 2. The summed E-state index contributed by atoms with van der Waals surface area (Å²) >= 11 is 3.05. The summed E-state index contributed by atoms with van der Waals surface area (Å²) < 4.78 is 14.3. The van der Waals surface area contributed by atoms with Crippen molar-refractivity contribution in [2.45, 2.75) is 6.54 Å². The number of hydrogen-bond donors (Lipinski definition) is 0. The van der Waals surface area contributed by atoms with Crippen LogP contribution in [0.5, 0.6) is 11.5 Å². The lowest BCUT2D eigenvalue weighted by Crippen LogP contribution is -2.35. The summed E-state index contributed by atoms with van der Waals surface area (Å²) in [6, 6.07) is 10.4. The van der Waals surface area contributed by atoms with Gasteiger partial charge in [-0.2, -0.15) is 16.8 Å². The molecule has 0 fully saturated rings. The first kappa shape index (κ1) is 20.8. The van der Waals surface area contributed by atoms with Gasteiger partial charge in [-0.25, -0.2) is 0 Å².